The predicted molar refractivity (Wildman–Crippen MR) is 119 cm³/mol. The summed E-state index contributed by atoms with van der Waals surface area (Å²) < 4.78 is 11.1. The van der Waals surface area contributed by atoms with Gasteiger partial charge in [0.25, 0.3) is 0 Å². The van der Waals surface area contributed by atoms with Crippen molar-refractivity contribution in [2.24, 2.45) is 4.99 Å². The Kier molecular flexibility index (Phi) is 11.1. The van der Waals surface area contributed by atoms with E-state index in [2.05, 4.69) is 15.6 Å². The quantitative estimate of drug-likeness (QED) is 0.219. The highest BCUT2D eigenvalue weighted by molar-refractivity contribution is 14.0. The maximum absolute atomic E-state index is 9.77. The maximum atomic E-state index is 9.77. The highest BCUT2D eigenvalue weighted by atomic mass is 127. The standard InChI is InChI=1S/C20H27N3O3.HI/c1-3-21-20(22-12-13-26-17-8-6-5-7-9-17)23-15-16-10-11-18(24)19(14-16)25-4-2;/h5-11,14,24H,3-4,12-13,15H2,1-2H3,(H2,21,22,23);1H. The topological polar surface area (TPSA) is 75.1 Å². The second-order valence-corrected chi connectivity index (χ2v) is 5.52. The molecule has 3 N–H and O–H groups in total. The number of aliphatic imine (C=N–C) groups is 1. The number of hydrogen-bond acceptors (Lipinski definition) is 4. The van der Waals surface area contributed by atoms with Gasteiger partial charge in [0.2, 0.25) is 0 Å². The van der Waals surface area contributed by atoms with Crippen LogP contribution in [-0.2, 0) is 6.54 Å². The lowest BCUT2D eigenvalue weighted by molar-refractivity contribution is 0.318. The first-order valence-electron chi connectivity index (χ1n) is 8.87. The number of nitrogens with one attached hydrogen (secondary N) is 2. The molecule has 0 heterocycles. The lowest BCUT2D eigenvalue weighted by Gasteiger charge is -2.12. The molecular weight excluding hydrogens is 457 g/mol. The van der Waals surface area contributed by atoms with Crippen molar-refractivity contribution in [2.75, 3.05) is 26.3 Å². The van der Waals surface area contributed by atoms with Gasteiger partial charge in [0.15, 0.2) is 17.5 Å². The second kappa shape index (κ2) is 13.1. The third kappa shape index (κ3) is 8.38. The molecule has 2 rings (SSSR count). The molecule has 27 heavy (non-hydrogen) atoms. The summed E-state index contributed by atoms with van der Waals surface area (Å²) in [4.78, 5) is 4.56. The zero-order valence-electron chi connectivity index (χ0n) is 15.8. The number of nitrogens with zero attached hydrogens (tertiary/aromatic N) is 1. The Morgan fingerprint density at radius 3 is 2.52 bits per heavy atom. The van der Waals surface area contributed by atoms with E-state index in [0.29, 0.717) is 32.1 Å². The van der Waals surface area contributed by atoms with Crippen LogP contribution in [0.3, 0.4) is 0 Å². The summed E-state index contributed by atoms with van der Waals surface area (Å²) in [6.07, 6.45) is 0. The molecule has 0 aliphatic heterocycles. The summed E-state index contributed by atoms with van der Waals surface area (Å²) in [5.41, 5.74) is 0.962. The van der Waals surface area contributed by atoms with Crippen LogP contribution in [0.5, 0.6) is 17.2 Å². The average molecular weight is 485 g/mol. The molecule has 2 aromatic rings. The average Bonchev–Trinajstić information content (AvgIpc) is 2.66. The normalized spacial score (nSPS) is 10.7. The number of para-hydroxylation sites is 1. The van der Waals surface area contributed by atoms with Crippen LogP contribution in [0.2, 0.25) is 0 Å². The summed E-state index contributed by atoms with van der Waals surface area (Å²) in [5.74, 6) is 2.19. The van der Waals surface area contributed by atoms with Gasteiger partial charge in [-0.25, -0.2) is 4.99 Å². The zero-order valence-corrected chi connectivity index (χ0v) is 18.1. The summed E-state index contributed by atoms with van der Waals surface area (Å²) in [6, 6.07) is 15.0. The molecule has 7 heteroatoms. The van der Waals surface area contributed by atoms with E-state index in [-0.39, 0.29) is 29.7 Å². The molecule has 0 radical (unpaired) electrons. The Morgan fingerprint density at radius 1 is 1.04 bits per heavy atom. The Balaban J connectivity index is 0.00000364. The van der Waals surface area contributed by atoms with E-state index in [9.17, 15) is 5.11 Å². The van der Waals surface area contributed by atoms with Gasteiger partial charge in [-0.1, -0.05) is 24.3 Å². The third-order valence-corrected chi connectivity index (χ3v) is 3.49. The SMILES string of the molecule is CCNC(=NCc1ccc(O)c(OCC)c1)NCCOc1ccccc1.I. The van der Waals surface area contributed by atoms with Gasteiger partial charge in [0.1, 0.15) is 12.4 Å². The van der Waals surface area contributed by atoms with Gasteiger partial charge in [0.05, 0.1) is 19.7 Å². The Labute approximate surface area is 178 Å². The van der Waals surface area contributed by atoms with Crippen molar-refractivity contribution in [1.29, 1.82) is 0 Å². The molecule has 0 aliphatic carbocycles. The van der Waals surface area contributed by atoms with Crippen LogP contribution in [0, 0.1) is 0 Å². The molecular formula is C20H28IN3O3. The summed E-state index contributed by atoms with van der Waals surface area (Å²) in [6.45, 7) is 6.84. The van der Waals surface area contributed by atoms with Crippen molar-refractivity contribution >= 4 is 29.9 Å². The van der Waals surface area contributed by atoms with E-state index in [0.717, 1.165) is 23.8 Å². The van der Waals surface area contributed by atoms with E-state index in [1.807, 2.05) is 56.3 Å². The Morgan fingerprint density at radius 2 is 1.81 bits per heavy atom. The van der Waals surface area contributed by atoms with E-state index in [4.69, 9.17) is 9.47 Å². The smallest absolute Gasteiger partial charge is 0.191 e. The van der Waals surface area contributed by atoms with E-state index in [1.165, 1.54) is 0 Å². The molecule has 0 saturated carbocycles. The number of phenolic OH excluding ortho intramolecular Hbond substituents is 1. The van der Waals surface area contributed by atoms with Crippen molar-refractivity contribution < 1.29 is 14.6 Å². The van der Waals surface area contributed by atoms with Crippen LogP contribution in [0.1, 0.15) is 19.4 Å². The molecule has 148 valence electrons. The molecule has 0 unspecified atom stereocenters. The minimum atomic E-state index is 0. The minimum Gasteiger partial charge on any atom is -0.504 e. The monoisotopic (exact) mass is 485 g/mol. The van der Waals surface area contributed by atoms with Gasteiger partial charge in [-0.05, 0) is 43.7 Å². The fourth-order valence-corrected chi connectivity index (χ4v) is 2.30. The van der Waals surface area contributed by atoms with Crippen molar-refractivity contribution in [3.05, 3.63) is 54.1 Å². The number of phenols is 1. The summed E-state index contributed by atoms with van der Waals surface area (Å²) in [5, 5.41) is 16.2. The molecule has 0 fully saturated rings. The van der Waals surface area contributed by atoms with Crippen LogP contribution in [0.4, 0.5) is 0 Å². The number of hydrogen-bond donors (Lipinski definition) is 3. The third-order valence-electron chi connectivity index (χ3n) is 3.49. The first kappa shape index (κ1) is 22.9. The molecule has 6 nitrogen and oxygen atoms in total. The van der Waals surface area contributed by atoms with Crippen LogP contribution < -0.4 is 20.1 Å². The second-order valence-electron chi connectivity index (χ2n) is 5.52. The Bertz CT molecular complexity index is 696. The van der Waals surface area contributed by atoms with Crippen LogP contribution in [0.25, 0.3) is 0 Å². The number of rotatable bonds is 9. The highest BCUT2D eigenvalue weighted by Gasteiger charge is 2.04. The lowest BCUT2D eigenvalue weighted by Crippen LogP contribution is -2.39. The number of ether oxygens (including phenoxy) is 2. The lowest BCUT2D eigenvalue weighted by atomic mass is 10.2. The largest absolute Gasteiger partial charge is 0.504 e. The number of halogens is 1. The summed E-state index contributed by atoms with van der Waals surface area (Å²) in [7, 11) is 0. The fourth-order valence-electron chi connectivity index (χ4n) is 2.30. The van der Waals surface area contributed by atoms with Crippen LogP contribution >= 0.6 is 24.0 Å². The number of benzene rings is 2. The maximum Gasteiger partial charge on any atom is 0.191 e. The van der Waals surface area contributed by atoms with Crippen molar-refractivity contribution in [3.63, 3.8) is 0 Å². The van der Waals surface area contributed by atoms with Gasteiger partial charge in [-0.15, -0.1) is 24.0 Å². The Hall–Kier alpha value is -2.16. The first-order valence-corrected chi connectivity index (χ1v) is 8.87. The molecule has 0 atom stereocenters. The van der Waals surface area contributed by atoms with Gasteiger partial charge in [0, 0.05) is 6.54 Å². The number of guanidine groups is 1. The molecule has 0 aliphatic rings. The highest BCUT2D eigenvalue weighted by Crippen LogP contribution is 2.27. The number of aromatic hydroxyl groups is 1. The van der Waals surface area contributed by atoms with Crippen molar-refractivity contribution in [2.45, 2.75) is 20.4 Å². The predicted octanol–water partition coefficient (Wildman–Crippen LogP) is 3.54. The molecule has 0 amide bonds. The van der Waals surface area contributed by atoms with E-state index in [1.54, 1.807) is 6.07 Å². The molecule has 0 spiro atoms. The first-order chi connectivity index (χ1) is 12.7. The molecule has 0 aromatic heterocycles. The van der Waals surface area contributed by atoms with Gasteiger partial charge in [-0.2, -0.15) is 0 Å². The van der Waals surface area contributed by atoms with Gasteiger partial charge >= 0.3 is 0 Å². The minimum absolute atomic E-state index is 0. The van der Waals surface area contributed by atoms with Crippen LogP contribution in [-0.4, -0.2) is 37.4 Å². The van der Waals surface area contributed by atoms with Gasteiger partial charge in [-0.3, -0.25) is 0 Å². The molecule has 0 bridgehead atoms. The molecule has 0 saturated heterocycles. The van der Waals surface area contributed by atoms with Crippen LogP contribution in [0.15, 0.2) is 53.5 Å². The van der Waals surface area contributed by atoms with E-state index >= 15 is 0 Å². The van der Waals surface area contributed by atoms with Crippen molar-refractivity contribution in [1.82, 2.24) is 10.6 Å². The van der Waals surface area contributed by atoms with E-state index < -0.39 is 0 Å². The fraction of sp³-hybridized carbons (Fsp3) is 0.350. The zero-order chi connectivity index (χ0) is 18.6. The molecule has 2 aromatic carbocycles. The van der Waals surface area contributed by atoms with Crippen molar-refractivity contribution in [3.8, 4) is 17.2 Å². The van der Waals surface area contributed by atoms with Gasteiger partial charge < -0.3 is 25.2 Å². The summed E-state index contributed by atoms with van der Waals surface area (Å²) >= 11 is 0.